The third-order valence-electron chi connectivity index (χ3n) is 4.42. The topological polar surface area (TPSA) is 38.5 Å². The van der Waals surface area contributed by atoms with Gasteiger partial charge in [-0.2, -0.15) is 0 Å². The van der Waals surface area contributed by atoms with Crippen LogP contribution >= 0.6 is 0 Å². The Morgan fingerprint density at radius 2 is 1.90 bits per heavy atom. The SMILES string of the molecule is COc1ccc(C(C(C)N)N2CCCCCC2C)cc1. The van der Waals surface area contributed by atoms with E-state index in [1.165, 1.54) is 31.2 Å². The van der Waals surface area contributed by atoms with Crippen LogP contribution in [0.5, 0.6) is 5.75 Å². The molecule has 112 valence electrons. The van der Waals surface area contributed by atoms with Crippen LogP contribution in [0, 0.1) is 0 Å². The van der Waals surface area contributed by atoms with Gasteiger partial charge < -0.3 is 10.5 Å². The molecule has 1 heterocycles. The van der Waals surface area contributed by atoms with Crippen molar-refractivity contribution in [2.24, 2.45) is 5.73 Å². The fourth-order valence-electron chi connectivity index (χ4n) is 3.31. The minimum Gasteiger partial charge on any atom is -0.497 e. The number of nitrogens with two attached hydrogens (primary N) is 1. The minimum absolute atomic E-state index is 0.129. The zero-order valence-electron chi connectivity index (χ0n) is 13.0. The van der Waals surface area contributed by atoms with Crippen molar-refractivity contribution in [2.75, 3.05) is 13.7 Å². The molecule has 1 aliphatic heterocycles. The van der Waals surface area contributed by atoms with Crippen molar-refractivity contribution in [1.82, 2.24) is 4.90 Å². The average Bonchev–Trinajstić information content (AvgIpc) is 2.65. The molecule has 3 heteroatoms. The van der Waals surface area contributed by atoms with E-state index in [-0.39, 0.29) is 6.04 Å². The number of hydrogen-bond acceptors (Lipinski definition) is 3. The van der Waals surface area contributed by atoms with Crippen LogP contribution in [0.25, 0.3) is 0 Å². The highest BCUT2D eigenvalue weighted by Gasteiger charge is 2.28. The second-order valence-electron chi connectivity index (χ2n) is 6.01. The van der Waals surface area contributed by atoms with Gasteiger partial charge in [-0.3, -0.25) is 4.90 Å². The fourth-order valence-corrected chi connectivity index (χ4v) is 3.31. The zero-order valence-corrected chi connectivity index (χ0v) is 13.0. The molecule has 0 aliphatic carbocycles. The predicted molar refractivity (Wildman–Crippen MR) is 84.0 cm³/mol. The van der Waals surface area contributed by atoms with Crippen molar-refractivity contribution < 1.29 is 4.74 Å². The van der Waals surface area contributed by atoms with Crippen LogP contribution in [-0.2, 0) is 0 Å². The van der Waals surface area contributed by atoms with Crippen LogP contribution < -0.4 is 10.5 Å². The van der Waals surface area contributed by atoms with E-state index in [1.54, 1.807) is 7.11 Å². The highest BCUT2D eigenvalue weighted by molar-refractivity contribution is 5.30. The standard InChI is InChI=1S/C17H28N2O/c1-13-7-5-4-6-12-19(13)17(14(2)18)15-8-10-16(20-3)11-9-15/h8-11,13-14,17H,4-7,12,18H2,1-3H3. The summed E-state index contributed by atoms with van der Waals surface area (Å²) < 4.78 is 5.25. The first-order valence-corrected chi connectivity index (χ1v) is 7.78. The fraction of sp³-hybridized carbons (Fsp3) is 0.647. The molecule has 0 bridgehead atoms. The summed E-state index contributed by atoms with van der Waals surface area (Å²) in [6.07, 6.45) is 5.24. The van der Waals surface area contributed by atoms with E-state index < -0.39 is 0 Å². The Labute approximate surface area is 123 Å². The van der Waals surface area contributed by atoms with Gasteiger partial charge in [0.15, 0.2) is 0 Å². The first kappa shape index (κ1) is 15.3. The molecule has 2 rings (SSSR count). The Morgan fingerprint density at radius 3 is 2.50 bits per heavy atom. The molecule has 3 nitrogen and oxygen atoms in total. The maximum atomic E-state index is 6.31. The number of ether oxygens (including phenoxy) is 1. The lowest BCUT2D eigenvalue weighted by molar-refractivity contribution is 0.130. The summed E-state index contributed by atoms with van der Waals surface area (Å²) in [4.78, 5) is 2.60. The molecular formula is C17H28N2O. The number of methoxy groups -OCH3 is 1. The van der Waals surface area contributed by atoms with E-state index in [1.807, 2.05) is 12.1 Å². The highest BCUT2D eigenvalue weighted by atomic mass is 16.5. The monoisotopic (exact) mass is 276 g/mol. The highest BCUT2D eigenvalue weighted by Crippen LogP contribution is 2.30. The lowest BCUT2D eigenvalue weighted by Gasteiger charge is -2.38. The van der Waals surface area contributed by atoms with E-state index in [2.05, 4.69) is 30.9 Å². The molecule has 3 atom stereocenters. The Morgan fingerprint density at radius 1 is 1.20 bits per heavy atom. The largest absolute Gasteiger partial charge is 0.497 e. The number of hydrogen-bond donors (Lipinski definition) is 1. The summed E-state index contributed by atoms with van der Waals surface area (Å²) in [7, 11) is 1.70. The smallest absolute Gasteiger partial charge is 0.118 e. The molecule has 0 saturated carbocycles. The van der Waals surface area contributed by atoms with E-state index in [0.29, 0.717) is 12.1 Å². The Balaban J connectivity index is 2.24. The van der Waals surface area contributed by atoms with Crippen LogP contribution in [0.3, 0.4) is 0 Å². The molecule has 2 N–H and O–H groups in total. The number of nitrogens with zero attached hydrogens (tertiary/aromatic N) is 1. The van der Waals surface area contributed by atoms with Gasteiger partial charge in [-0.25, -0.2) is 0 Å². The first-order valence-electron chi connectivity index (χ1n) is 7.78. The molecule has 1 saturated heterocycles. The molecule has 1 fully saturated rings. The molecule has 3 unspecified atom stereocenters. The van der Waals surface area contributed by atoms with Gasteiger partial charge in [0.05, 0.1) is 7.11 Å². The predicted octanol–water partition coefficient (Wildman–Crippen LogP) is 3.35. The molecule has 20 heavy (non-hydrogen) atoms. The molecule has 1 aromatic carbocycles. The van der Waals surface area contributed by atoms with Crippen molar-refractivity contribution in [1.29, 1.82) is 0 Å². The van der Waals surface area contributed by atoms with Gasteiger partial charge in [0.1, 0.15) is 5.75 Å². The van der Waals surface area contributed by atoms with Crippen molar-refractivity contribution in [3.05, 3.63) is 29.8 Å². The van der Waals surface area contributed by atoms with E-state index in [9.17, 15) is 0 Å². The van der Waals surface area contributed by atoms with Gasteiger partial charge in [-0.05, 0) is 50.9 Å². The van der Waals surface area contributed by atoms with Crippen LogP contribution in [0.2, 0.25) is 0 Å². The molecule has 0 radical (unpaired) electrons. The maximum absolute atomic E-state index is 6.31. The number of likely N-dealkylation sites (tertiary alicyclic amines) is 1. The molecule has 0 spiro atoms. The maximum Gasteiger partial charge on any atom is 0.118 e. The average molecular weight is 276 g/mol. The first-order chi connectivity index (χ1) is 9.63. The van der Waals surface area contributed by atoms with Gasteiger partial charge in [0.25, 0.3) is 0 Å². The third kappa shape index (κ3) is 3.53. The van der Waals surface area contributed by atoms with Crippen LogP contribution in [0.4, 0.5) is 0 Å². The van der Waals surface area contributed by atoms with Crippen molar-refractivity contribution in [2.45, 2.75) is 57.7 Å². The van der Waals surface area contributed by atoms with Crippen LogP contribution in [0.15, 0.2) is 24.3 Å². The number of benzene rings is 1. The summed E-state index contributed by atoms with van der Waals surface area (Å²) in [5.41, 5.74) is 7.61. The summed E-state index contributed by atoms with van der Waals surface area (Å²) in [6.45, 7) is 5.61. The van der Waals surface area contributed by atoms with Crippen LogP contribution in [0.1, 0.15) is 51.1 Å². The summed E-state index contributed by atoms with van der Waals surface area (Å²) in [6, 6.07) is 9.42. The molecule has 1 aliphatic rings. The van der Waals surface area contributed by atoms with Gasteiger partial charge in [-0.15, -0.1) is 0 Å². The summed E-state index contributed by atoms with van der Waals surface area (Å²) in [5, 5.41) is 0. The van der Waals surface area contributed by atoms with Gasteiger partial charge in [0, 0.05) is 18.1 Å². The Hall–Kier alpha value is -1.06. The third-order valence-corrected chi connectivity index (χ3v) is 4.42. The van der Waals surface area contributed by atoms with E-state index in [4.69, 9.17) is 10.5 Å². The Bertz CT molecular complexity index is 402. The van der Waals surface area contributed by atoms with Crippen molar-refractivity contribution in [3.63, 3.8) is 0 Å². The molecule has 0 amide bonds. The zero-order chi connectivity index (χ0) is 14.5. The van der Waals surface area contributed by atoms with Gasteiger partial charge >= 0.3 is 0 Å². The van der Waals surface area contributed by atoms with E-state index >= 15 is 0 Å². The van der Waals surface area contributed by atoms with E-state index in [0.717, 1.165) is 12.3 Å². The summed E-state index contributed by atoms with van der Waals surface area (Å²) >= 11 is 0. The Kier molecular flexibility index (Phi) is 5.44. The lowest BCUT2D eigenvalue weighted by Crippen LogP contribution is -2.44. The van der Waals surface area contributed by atoms with Crippen molar-refractivity contribution in [3.8, 4) is 5.75 Å². The molecule has 1 aromatic rings. The summed E-state index contributed by atoms with van der Waals surface area (Å²) in [5.74, 6) is 0.904. The minimum atomic E-state index is 0.129. The number of rotatable bonds is 4. The van der Waals surface area contributed by atoms with Crippen LogP contribution in [-0.4, -0.2) is 30.6 Å². The molecule has 0 aromatic heterocycles. The normalized spacial score (nSPS) is 23.9. The quantitative estimate of drug-likeness (QED) is 0.916. The lowest BCUT2D eigenvalue weighted by atomic mass is 9.97. The second-order valence-corrected chi connectivity index (χ2v) is 6.01. The van der Waals surface area contributed by atoms with Gasteiger partial charge in [-0.1, -0.05) is 25.0 Å². The second kappa shape index (κ2) is 7.09. The van der Waals surface area contributed by atoms with Crippen molar-refractivity contribution >= 4 is 0 Å². The molecular weight excluding hydrogens is 248 g/mol. The van der Waals surface area contributed by atoms with Gasteiger partial charge in [0.2, 0.25) is 0 Å².